The highest BCUT2D eigenvalue weighted by Crippen LogP contribution is 2.30. The second-order valence-corrected chi connectivity index (χ2v) is 5.15. The number of aliphatic hydroxyl groups excluding tert-OH is 1. The van der Waals surface area contributed by atoms with Gasteiger partial charge in [0.25, 0.3) is 0 Å². The summed E-state index contributed by atoms with van der Waals surface area (Å²) in [6, 6.07) is 19.9. The maximum atomic E-state index is 10.6. The van der Waals surface area contributed by atoms with Gasteiger partial charge < -0.3 is 10.8 Å². The highest BCUT2D eigenvalue weighted by Gasteiger charge is 2.22. The predicted molar refractivity (Wildman–Crippen MR) is 84.9 cm³/mol. The number of hydrogen-bond acceptors (Lipinski definition) is 3. The van der Waals surface area contributed by atoms with E-state index in [0.717, 1.165) is 10.9 Å². The fourth-order valence-corrected chi connectivity index (χ4v) is 2.64. The topological polar surface area (TPSA) is 59.1 Å². The number of nitrogens with two attached hydrogens (primary N) is 1. The fourth-order valence-electron chi connectivity index (χ4n) is 2.64. The van der Waals surface area contributed by atoms with Crippen LogP contribution in [0.25, 0.3) is 10.8 Å². The van der Waals surface area contributed by atoms with Crippen LogP contribution in [0.1, 0.15) is 23.3 Å². The summed E-state index contributed by atoms with van der Waals surface area (Å²) in [6.07, 6.45) is 0.990. The molecule has 0 aliphatic rings. The third-order valence-corrected chi connectivity index (χ3v) is 3.83. The van der Waals surface area contributed by atoms with Crippen LogP contribution in [-0.4, -0.2) is 16.6 Å². The molecule has 3 rings (SSSR count). The van der Waals surface area contributed by atoms with E-state index in [1.54, 1.807) is 6.20 Å². The summed E-state index contributed by atoms with van der Waals surface area (Å²) in [5.74, 6) is -0.162. The molecule has 3 nitrogen and oxygen atoms in total. The van der Waals surface area contributed by atoms with E-state index >= 15 is 0 Å². The van der Waals surface area contributed by atoms with Crippen molar-refractivity contribution in [3.8, 4) is 0 Å². The summed E-state index contributed by atoms with van der Waals surface area (Å²) in [4.78, 5) is 4.23. The first-order chi connectivity index (χ1) is 10.3. The summed E-state index contributed by atoms with van der Waals surface area (Å²) in [5.41, 5.74) is 7.59. The maximum absolute atomic E-state index is 10.6. The van der Waals surface area contributed by atoms with E-state index in [2.05, 4.69) is 29.2 Å². The molecule has 0 aliphatic heterocycles. The van der Waals surface area contributed by atoms with Crippen molar-refractivity contribution in [3.63, 3.8) is 0 Å². The first kappa shape index (κ1) is 13.7. The molecule has 2 aromatic carbocycles. The molecule has 0 amide bonds. The summed E-state index contributed by atoms with van der Waals surface area (Å²) in [5, 5.41) is 12.9. The Labute approximate surface area is 124 Å². The van der Waals surface area contributed by atoms with E-state index in [1.165, 1.54) is 5.39 Å². The van der Waals surface area contributed by atoms with Crippen LogP contribution in [0.15, 0.2) is 66.9 Å². The predicted octanol–water partition coefficient (Wildman–Crippen LogP) is 3.01. The lowest BCUT2D eigenvalue weighted by atomic mass is 9.90. The Kier molecular flexibility index (Phi) is 3.95. The largest absolute Gasteiger partial charge is 0.386 e. The molecule has 3 heteroatoms. The van der Waals surface area contributed by atoms with Gasteiger partial charge in [-0.25, -0.2) is 0 Å². The van der Waals surface area contributed by atoms with Crippen molar-refractivity contribution in [2.75, 3.05) is 6.54 Å². The molecule has 2 unspecified atom stereocenters. The van der Waals surface area contributed by atoms with Gasteiger partial charge >= 0.3 is 0 Å². The summed E-state index contributed by atoms with van der Waals surface area (Å²) in [7, 11) is 0. The van der Waals surface area contributed by atoms with Gasteiger partial charge in [-0.1, -0.05) is 48.5 Å². The first-order valence-electron chi connectivity index (χ1n) is 7.07. The van der Waals surface area contributed by atoms with Crippen molar-refractivity contribution in [2.45, 2.75) is 12.0 Å². The second kappa shape index (κ2) is 6.04. The van der Waals surface area contributed by atoms with E-state index in [0.29, 0.717) is 12.2 Å². The molecule has 0 aliphatic carbocycles. The molecule has 3 N–H and O–H groups in total. The molecule has 1 heterocycles. The quantitative estimate of drug-likeness (QED) is 0.771. The molecule has 2 atom stereocenters. The Morgan fingerprint density at radius 1 is 0.952 bits per heavy atom. The van der Waals surface area contributed by atoms with Crippen molar-refractivity contribution in [1.82, 2.24) is 4.98 Å². The molecule has 0 radical (unpaired) electrons. The van der Waals surface area contributed by atoms with Crippen molar-refractivity contribution >= 4 is 10.8 Å². The zero-order valence-corrected chi connectivity index (χ0v) is 11.7. The summed E-state index contributed by atoms with van der Waals surface area (Å²) >= 11 is 0. The van der Waals surface area contributed by atoms with Gasteiger partial charge in [-0.2, -0.15) is 0 Å². The van der Waals surface area contributed by atoms with E-state index in [9.17, 15) is 5.11 Å². The Morgan fingerprint density at radius 2 is 1.71 bits per heavy atom. The van der Waals surface area contributed by atoms with Crippen LogP contribution in [0.5, 0.6) is 0 Å². The van der Waals surface area contributed by atoms with Crippen LogP contribution in [0, 0.1) is 0 Å². The first-order valence-corrected chi connectivity index (χ1v) is 7.07. The minimum atomic E-state index is -0.697. The number of hydrogen-bond donors (Lipinski definition) is 2. The SMILES string of the molecule is NCC(c1ccc2ccccc2c1)C(O)c1ccccn1. The lowest BCUT2D eigenvalue weighted by Crippen LogP contribution is -2.20. The molecule has 0 fully saturated rings. The molecule has 21 heavy (non-hydrogen) atoms. The van der Waals surface area contributed by atoms with Gasteiger partial charge in [-0.05, 0) is 28.5 Å². The lowest BCUT2D eigenvalue weighted by molar-refractivity contribution is 0.143. The molecule has 1 aromatic heterocycles. The van der Waals surface area contributed by atoms with Crippen LogP contribution in [0.2, 0.25) is 0 Å². The average Bonchev–Trinajstić information content (AvgIpc) is 2.56. The Hall–Kier alpha value is -2.23. The zero-order chi connectivity index (χ0) is 14.7. The number of aromatic nitrogens is 1. The molecule has 106 valence electrons. The van der Waals surface area contributed by atoms with Crippen molar-refractivity contribution in [2.24, 2.45) is 5.73 Å². The lowest BCUT2D eigenvalue weighted by Gasteiger charge is -2.22. The van der Waals surface area contributed by atoms with Crippen LogP contribution >= 0.6 is 0 Å². The second-order valence-electron chi connectivity index (χ2n) is 5.15. The highest BCUT2D eigenvalue weighted by atomic mass is 16.3. The third kappa shape index (κ3) is 2.79. The van der Waals surface area contributed by atoms with E-state index in [4.69, 9.17) is 5.73 Å². The molecule has 0 bridgehead atoms. The average molecular weight is 278 g/mol. The van der Waals surface area contributed by atoms with Crippen molar-refractivity contribution < 1.29 is 5.11 Å². The number of aliphatic hydroxyl groups is 1. The van der Waals surface area contributed by atoms with Crippen molar-refractivity contribution in [3.05, 3.63) is 78.1 Å². The molecular formula is C18H18N2O. The van der Waals surface area contributed by atoms with Gasteiger partial charge in [0.05, 0.1) is 5.69 Å². The molecule has 0 spiro atoms. The summed E-state index contributed by atoms with van der Waals surface area (Å²) in [6.45, 7) is 0.371. The van der Waals surface area contributed by atoms with Gasteiger partial charge in [0.15, 0.2) is 0 Å². The number of benzene rings is 2. The Bertz CT molecular complexity index is 727. The third-order valence-electron chi connectivity index (χ3n) is 3.83. The van der Waals surface area contributed by atoms with Gasteiger partial charge in [0.2, 0.25) is 0 Å². The van der Waals surface area contributed by atoms with E-state index < -0.39 is 6.10 Å². The number of fused-ring (bicyclic) bond motifs is 1. The minimum Gasteiger partial charge on any atom is -0.386 e. The zero-order valence-electron chi connectivity index (χ0n) is 11.7. The van der Waals surface area contributed by atoms with Crippen LogP contribution in [0.4, 0.5) is 0 Å². The van der Waals surface area contributed by atoms with E-state index in [-0.39, 0.29) is 5.92 Å². The smallest absolute Gasteiger partial charge is 0.104 e. The van der Waals surface area contributed by atoms with Gasteiger partial charge in [0.1, 0.15) is 6.10 Å². The summed E-state index contributed by atoms with van der Waals surface area (Å²) < 4.78 is 0. The molecular weight excluding hydrogens is 260 g/mol. The van der Waals surface area contributed by atoms with E-state index in [1.807, 2.05) is 36.4 Å². The Morgan fingerprint density at radius 3 is 2.43 bits per heavy atom. The van der Waals surface area contributed by atoms with Crippen LogP contribution < -0.4 is 5.73 Å². The van der Waals surface area contributed by atoms with Gasteiger partial charge in [-0.15, -0.1) is 0 Å². The standard InChI is InChI=1S/C18H18N2O/c19-12-16(18(21)17-7-3-4-10-20-17)15-9-8-13-5-1-2-6-14(13)11-15/h1-11,16,18,21H,12,19H2. The maximum Gasteiger partial charge on any atom is 0.104 e. The van der Waals surface area contributed by atoms with Crippen molar-refractivity contribution in [1.29, 1.82) is 0 Å². The monoisotopic (exact) mass is 278 g/mol. The highest BCUT2D eigenvalue weighted by molar-refractivity contribution is 5.83. The molecule has 0 saturated carbocycles. The van der Waals surface area contributed by atoms with Gasteiger partial charge in [0, 0.05) is 18.7 Å². The number of rotatable bonds is 4. The molecule has 0 saturated heterocycles. The van der Waals surface area contributed by atoms with Crippen LogP contribution in [0.3, 0.4) is 0 Å². The normalized spacial score (nSPS) is 14.0. The minimum absolute atomic E-state index is 0.162. The fraction of sp³-hybridized carbons (Fsp3) is 0.167. The van der Waals surface area contributed by atoms with Gasteiger partial charge in [-0.3, -0.25) is 4.98 Å². The number of pyridine rings is 1. The number of nitrogens with zero attached hydrogens (tertiary/aromatic N) is 1. The Balaban J connectivity index is 1.98. The van der Waals surface area contributed by atoms with Crippen LogP contribution in [-0.2, 0) is 0 Å². The molecule has 3 aromatic rings.